The predicted octanol–water partition coefficient (Wildman–Crippen LogP) is 6.06. The number of nitrogens with zero attached hydrogens (tertiary/aromatic N) is 3. The molecule has 0 bridgehead atoms. The lowest BCUT2D eigenvalue weighted by molar-refractivity contribution is -0.150. The molecule has 1 amide bonds. The summed E-state index contributed by atoms with van der Waals surface area (Å²) in [6.07, 6.45) is -4.71. The van der Waals surface area contributed by atoms with Crippen LogP contribution >= 0.6 is 0 Å². The van der Waals surface area contributed by atoms with Crippen molar-refractivity contribution in [2.45, 2.75) is 33.0 Å². The highest BCUT2D eigenvalue weighted by Gasteiger charge is 2.31. The molecule has 11 heteroatoms. The van der Waals surface area contributed by atoms with Gasteiger partial charge in [-0.2, -0.15) is 18.2 Å². The van der Waals surface area contributed by atoms with Crippen molar-refractivity contribution >= 4 is 17.4 Å². The summed E-state index contributed by atoms with van der Waals surface area (Å²) in [5, 5.41) is 9.07. The SMILES string of the molecule is Cc1noc(-c2c(F)cccc2-c2ccc(CNc3nccc(C)c3NC(=O)CC(F)(F)F)cc2)n1. The minimum absolute atomic E-state index is 0.0805. The number of aryl methyl sites for hydroxylation is 2. The zero-order valence-electron chi connectivity index (χ0n) is 19.3. The van der Waals surface area contributed by atoms with Crippen LogP contribution in [0, 0.1) is 19.7 Å². The van der Waals surface area contributed by atoms with Gasteiger partial charge in [-0.05, 0) is 48.2 Å². The minimum atomic E-state index is -4.61. The third kappa shape index (κ3) is 5.85. The molecule has 0 atom stereocenters. The van der Waals surface area contributed by atoms with E-state index < -0.39 is 24.3 Å². The standard InChI is InChI=1S/C25H21F4N5O2/c1-14-10-11-30-23(22(14)33-20(35)12-25(27,28)29)31-13-16-6-8-17(9-7-16)18-4-3-5-19(26)21(18)24-32-15(2)34-36-24/h3-11H,12-13H2,1-2H3,(H,30,31)(H,33,35). The topological polar surface area (TPSA) is 92.9 Å². The van der Waals surface area contributed by atoms with E-state index >= 15 is 0 Å². The van der Waals surface area contributed by atoms with Gasteiger partial charge >= 0.3 is 6.18 Å². The predicted molar refractivity (Wildman–Crippen MR) is 125 cm³/mol. The van der Waals surface area contributed by atoms with Crippen LogP contribution in [-0.2, 0) is 11.3 Å². The molecule has 0 saturated heterocycles. The van der Waals surface area contributed by atoms with Gasteiger partial charge in [0, 0.05) is 12.7 Å². The first-order chi connectivity index (χ1) is 17.1. The highest BCUT2D eigenvalue weighted by Crippen LogP contribution is 2.34. The van der Waals surface area contributed by atoms with Crippen molar-refractivity contribution in [3.63, 3.8) is 0 Å². The molecule has 2 heterocycles. The second-order valence-electron chi connectivity index (χ2n) is 8.05. The maximum Gasteiger partial charge on any atom is 0.397 e. The number of halogens is 4. The van der Waals surface area contributed by atoms with Crippen LogP contribution < -0.4 is 10.6 Å². The number of carbonyl (C=O) groups is 1. The Kier molecular flexibility index (Phi) is 7.00. The fraction of sp³-hybridized carbons (Fsp3) is 0.200. The van der Waals surface area contributed by atoms with Crippen molar-refractivity contribution in [2.75, 3.05) is 10.6 Å². The average Bonchev–Trinajstić information content (AvgIpc) is 3.24. The highest BCUT2D eigenvalue weighted by atomic mass is 19.4. The molecule has 0 saturated carbocycles. The number of aromatic nitrogens is 3. The van der Waals surface area contributed by atoms with E-state index in [1.54, 1.807) is 44.2 Å². The summed E-state index contributed by atoms with van der Waals surface area (Å²) in [7, 11) is 0. The lowest BCUT2D eigenvalue weighted by atomic mass is 9.98. The average molecular weight is 499 g/mol. The number of pyridine rings is 1. The molecular weight excluding hydrogens is 478 g/mol. The van der Waals surface area contributed by atoms with Crippen LogP contribution in [-0.4, -0.2) is 27.2 Å². The largest absolute Gasteiger partial charge is 0.397 e. The van der Waals surface area contributed by atoms with Gasteiger partial charge in [0.25, 0.3) is 5.89 Å². The summed E-state index contributed by atoms with van der Waals surface area (Å²) < 4.78 is 57.5. The molecule has 7 nitrogen and oxygen atoms in total. The number of hydrogen-bond donors (Lipinski definition) is 2. The highest BCUT2D eigenvalue weighted by molar-refractivity contribution is 5.94. The molecule has 4 rings (SSSR count). The molecule has 36 heavy (non-hydrogen) atoms. The van der Waals surface area contributed by atoms with Crippen LogP contribution in [0.3, 0.4) is 0 Å². The molecule has 186 valence electrons. The van der Waals surface area contributed by atoms with Gasteiger partial charge in [-0.3, -0.25) is 4.79 Å². The van der Waals surface area contributed by atoms with Gasteiger partial charge < -0.3 is 15.2 Å². The van der Waals surface area contributed by atoms with E-state index in [2.05, 4.69) is 25.8 Å². The summed E-state index contributed by atoms with van der Waals surface area (Å²) in [6, 6.07) is 13.5. The first kappa shape index (κ1) is 24.8. The van der Waals surface area contributed by atoms with Crippen LogP contribution in [0.1, 0.15) is 23.4 Å². The van der Waals surface area contributed by atoms with E-state index in [1.807, 2.05) is 12.1 Å². The van der Waals surface area contributed by atoms with Crippen molar-refractivity contribution in [3.05, 3.63) is 77.5 Å². The van der Waals surface area contributed by atoms with E-state index in [-0.39, 0.29) is 29.5 Å². The molecule has 0 radical (unpaired) electrons. The van der Waals surface area contributed by atoms with Gasteiger partial charge in [0.1, 0.15) is 18.1 Å². The summed E-state index contributed by atoms with van der Waals surface area (Å²) >= 11 is 0. The van der Waals surface area contributed by atoms with Crippen molar-refractivity contribution in [1.29, 1.82) is 0 Å². The molecule has 0 spiro atoms. The van der Waals surface area contributed by atoms with E-state index in [1.165, 1.54) is 12.3 Å². The van der Waals surface area contributed by atoms with Crippen molar-refractivity contribution in [2.24, 2.45) is 0 Å². The Morgan fingerprint density at radius 3 is 2.47 bits per heavy atom. The number of rotatable bonds is 7. The quantitative estimate of drug-likeness (QED) is 0.301. The van der Waals surface area contributed by atoms with Crippen molar-refractivity contribution in [3.8, 4) is 22.6 Å². The Morgan fingerprint density at radius 1 is 1.06 bits per heavy atom. The third-order valence-corrected chi connectivity index (χ3v) is 5.26. The smallest absolute Gasteiger partial charge is 0.364 e. The van der Waals surface area contributed by atoms with Gasteiger partial charge in [-0.15, -0.1) is 0 Å². The zero-order valence-corrected chi connectivity index (χ0v) is 19.3. The maximum atomic E-state index is 14.6. The van der Waals surface area contributed by atoms with E-state index in [0.717, 1.165) is 11.1 Å². The number of alkyl halides is 3. The van der Waals surface area contributed by atoms with Crippen LogP contribution in [0.25, 0.3) is 22.6 Å². The number of hydrogen-bond acceptors (Lipinski definition) is 6. The fourth-order valence-corrected chi connectivity index (χ4v) is 3.58. The molecule has 2 N–H and O–H groups in total. The molecular formula is C25H21F4N5O2. The first-order valence-corrected chi connectivity index (χ1v) is 10.9. The Labute approximate surface area is 203 Å². The van der Waals surface area contributed by atoms with E-state index in [4.69, 9.17) is 4.52 Å². The number of carbonyl (C=O) groups excluding carboxylic acids is 1. The van der Waals surface area contributed by atoms with Gasteiger partial charge in [0.2, 0.25) is 5.91 Å². The molecule has 0 aliphatic carbocycles. The summed E-state index contributed by atoms with van der Waals surface area (Å²) in [5.41, 5.74) is 3.07. The Bertz CT molecular complexity index is 1380. The second kappa shape index (κ2) is 10.1. The minimum Gasteiger partial charge on any atom is -0.364 e. The molecule has 4 aromatic rings. The molecule has 0 aliphatic heterocycles. The Hall–Kier alpha value is -4.28. The molecule has 0 unspecified atom stereocenters. The van der Waals surface area contributed by atoms with Gasteiger partial charge in [-0.25, -0.2) is 9.37 Å². The van der Waals surface area contributed by atoms with Crippen LogP contribution in [0.4, 0.5) is 29.1 Å². The summed E-state index contributed by atoms with van der Waals surface area (Å²) in [6.45, 7) is 3.58. The summed E-state index contributed by atoms with van der Waals surface area (Å²) in [5.74, 6) is -0.953. The van der Waals surface area contributed by atoms with E-state index in [9.17, 15) is 22.4 Å². The fourth-order valence-electron chi connectivity index (χ4n) is 3.58. The molecule has 2 aromatic heterocycles. The van der Waals surface area contributed by atoms with E-state index in [0.29, 0.717) is 17.0 Å². The van der Waals surface area contributed by atoms with Crippen LogP contribution in [0.2, 0.25) is 0 Å². The van der Waals surface area contributed by atoms with Crippen LogP contribution in [0.15, 0.2) is 59.3 Å². The number of amides is 1. The van der Waals surface area contributed by atoms with Crippen LogP contribution in [0.5, 0.6) is 0 Å². The third-order valence-electron chi connectivity index (χ3n) is 5.26. The van der Waals surface area contributed by atoms with Gasteiger partial charge in [0.15, 0.2) is 5.82 Å². The van der Waals surface area contributed by atoms with Crippen molar-refractivity contribution < 1.29 is 26.9 Å². The molecule has 0 fully saturated rings. The lowest BCUT2D eigenvalue weighted by Crippen LogP contribution is -2.22. The molecule has 0 aliphatic rings. The monoisotopic (exact) mass is 499 g/mol. The number of nitrogens with one attached hydrogen (secondary N) is 2. The summed E-state index contributed by atoms with van der Waals surface area (Å²) in [4.78, 5) is 20.1. The second-order valence-corrected chi connectivity index (χ2v) is 8.05. The maximum absolute atomic E-state index is 14.6. The normalized spacial score (nSPS) is 11.4. The zero-order chi connectivity index (χ0) is 25.9. The van der Waals surface area contributed by atoms with Gasteiger partial charge in [0.05, 0.1) is 11.3 Å². The molecule has 2 aromatic carbocycles. The lowest BCUT2D eigenvalue weighted by Gasteiger charge is -2.15. The number of anilines is 2. The number of benzene rings is 2. The first-order valence-electron chi connectivity index (χ1n) is 10.9. The van der Waals surface area contributed by atoms with Gasteiger partial charge in [-0.1, -0.05) is 41.6 Å². The van der Waals surface area contributed by atoms with Crippen molar-refractivity contribution in [1.82, 2.24) is 15.1 Å². The Morgan fingerprint density at radius 2 is 1.81 bits per heavy atom. The Balaban J connectivity index is 1.51.